The van der Waals surface area contributed by atoms with Crippen LogP contribution in [0, 0.1) is 0 Å². The molecule has 0 unspecified atom stereocenters. The fourth-order valence-electron chi connectivity index (χ4n) is 4.38. The number of ether oxygens (including phenoxy) is 1. The monoisotopic (exact) mass is 434 g/mol. The van der Waals surface area contributed by atoms with Gasteiger partial charge < -0.3 is 20.3 Å². The maximum Gasteiger partial charge on any atom is 0.317 e. The smallest absolute Gasteiger partial charge is 0.317 e. The number of likely N-dealkylation sites (N-methyl/N-ethyl adjacent to an activating group) is 1. The number of pyridine rings is 1. The van der Waals surface area contributed by atoms with Crippen LogP contribution >= 0.6 is 11.6 Å². The van der Waals surface area contributed by atoms with Crippen molar-refractivity contribution in [3.05, 3.63) is 35.0 Å². The molecule has 2 aliphatic rings. The summed E-state index contributed by atoms with van der Waals surface area (Å²) in [5, 5.41) is 8.24. The number of amides is 2. The molecule has 0 spiro atoms. The lowest BCUT2D eigenvalue weighted by Gasteiger charge is -2.33. The van der Waals surface area contributed by atoms with Gasteiger partial charge in [0.05, 0.1) is 23.9 Å². The average Bonchev–Trinajstić information content (AvgIpc) is 3.28. The highest BCUT2D eigenvalue weighted by Gasteiger charge is 2.28. The molecule has 1 aliphatic carbocycles. The number of nitrogens with one attached hydrogen (secondary N) is 2. The Morgan fingerprint density at radius 1 is 1.30 bits per heavy atom. The number of aromatic nitrogens is 1. The van der Waals surface area contributed by atoms with Crippen molar-refractivity contribution in [3.8, 4) is 0 Å². The number of rotatable bonds is 5. The van der Waals surface area contributed by atoms with Crippen LogP contribution in [0.15, 0.2) is 24.3 Å². The van der Waals surface area contributed by atoms with Crippen LogP contribution in [0.25, 0.3) is 10.9 Å². The molecular formula is C22H28ClFN4O2. The van der Waals surface area contributed by atoms with Gasteiger partial charge in [-0.1, -0.05) is 11.6 Å². The van der Waals surface area contributed by atoms with Crippen molar-refractivity contribution >= 4 is 34.2 Å². The zero-order chi connectivity index (χ0) is 21.1. The van der Waals surface area contributed by atoms with Crippen LogP contribution in [0.2, 0.25) is 5.02 Å². The van der Waals surface area contributed by atoms with Gasteiger partial charge in [-0.2, -0.15) is 0 Å². The van der Waals surface area contributed by atoms with Crippen LogP contribution in [-0.4, -0.2) is 54.3 Å². The minimum atomic E-state index is -0.617. The van der Waals surface area contributed by atoms with Gasteiger partial charge in [-0.15, -0.1) is 0 Å². The van der Waals surface area contributed by atoms with E-state index in [2.05, 4.69) is 15.6 Å². The average molecular weight is 435 g/mol. The lowest BCUT2D eigenvalue weighted by Crippen LogP contribution is -2.49. The lowest BCUT2D eigenvalue weighted by molar-refractivity contribution is 0.154. The third kappa shape index (κ3) is 4.78. The molecule has 0 radical (unpaired) electrons. The summed E-state index contributed by atoms with van der Waals surface area (Å²) in [7, 11) is 1.83. The van der Waals surface area contributed by atoms with Gasteiger partial charge in [0.1, 0.15) is 6.67 Å². The van der Waals surface area contributed by atoms with Crippen LogP contribution in [0.4, 0.5) is 14.9 Å². The maximum atomic E-state index is 13.3. The van der Waals surface area contributed by atoms with Crippen molar-refractivity contribution in [2.75, 3.05) is 25.6 Å². The van der Waals surface area contributed by atoms with E-state index >= 15 is 0 Å². The standard InChI is InChI=1S/C22H28ClFN4O2/c1-28(18-7-8-30-13-18)22(29)27-16-4-2-3-15(10-16)25-21-11-17(12-24)26-20-6-5-14(23)9-19(20)21/h5-6,9,11,15-16,18H,2-4,7-8,10,12-13H2,1H3,(H,25,26)(H,27,29)/t15-,16+,18-/m0/s1. The second kappa shape index (κ2) is 9.35. The van der Waals surface area contributed by atoms with Gasteiger partial charge in [0, 0.05) is 41.8 Å². The molecule has 30 heavy (non-hydrogen) atoms. The van der Waals surface area contributed by atoms with Gasteiger partial charge in [0.15, 0.2) is 0 Å². The lowest BCUT2D eigenvalue weighted by atomic mass is 9.90. The Bertz CT molecular complexity index is 906. The SMILES string of the molecule is CN(C(=O)N[C@@H]1CCC[C@H](Nc2cc(CF)nc3ccc(Cl)cc23)C1)[C@H]1CCOC1. The zero-order valence-corrected chi connectivity index (χ0v) is 17.9. The number of anilines is 1. The first-order valence-corrected chi connectivity index (χ1v) is 10.9. The number of hydrogen-bond donors (Lipinski definition) is 2. The third-order valence-corrected chi connectivity index (χ3v) is 6.33. The van der Waals surface area contributed by atoms with E-state index in [-0.39, 0.29) is 24.2 Å². The number of fused-ring (bicyclic) bond motifs is 1. The Balaban J connectivity index is 1.44. The van der Waals surface area contributed by atoms with E-state index in [4.69, 9.17) is 16.3 Å². The van der Waals surface area contributed by atoms with Gasteiger partial charge in [0.2, 0.25) is 0 Å². The largest absolute Gasteiger partial charge is 0.382 e. The summed E-state index contributed by atoms with van der Waals surface area (Å²) in [5.74, 6) is 0. The van der Waals surface area contributed by atoms with E-state index in [9.17, 15) is 9.18 Å². The predicted octanol–water partition coefficient (Wildman–Crippen LogP) is 4.51. The summed E-state index contributed by atoms with van der Waals surface area (Å²) in [6, 6.07) is 7.58. The van der Waals surface area contributed by atoms with Crippen molar-refractivity contribution in [2.45, 2.75) is 56.9 Å². The normalized spacial score (nSPS) is 24.0. The topological polar surface area (TPSA) is 66.5 Å². The molecule has 1 aromatic carbocycles. The van der Waals surface area contributed by atoms with Gasteiger partial charge in [-0.25, -0.2) is 14.2 Å². The van der Waals surface area contributed by atoms with Crippen LogP contribution < -0.4 is 10.6 Å². The first-order chi connectivity index (χ1) is 14.5. The second-order valence-electron chi connectivity index (χ2n) is 8.24. The predicted molar refractivity (Wildman–Crippen MR) is 117 cm³/mol. The van der Waals surface area contributed by atoms with E-state index in [0.717, 1.165) is 48.7 Å². The number of halogens is 2. The molecule has 1 aliphatic heterocycles. The highest BCUT2D eigenvalue weighted by Crippen LogP contribution is 2.30. The van der Waals surface area contributed by atoms with E-state index < -0.39 is 6.67 Å². The summed E-state index contributed by atoms with van der Waals surface area (Å²) in [4.78, 5) is 18.7. The highest BCUT2D eigenvalue weighted by atomic mass is 35.5. The number of hydrogen-bond acceptors (Lipinski definition) is 4. The van der Waals surface area contributed by atoms with Crippen molar-refractivity contribution in [1.29, 1.82) is 0 Å². The quantitative estimate of drug-likeness (QED) is 0.726. The molecule has 3 atom stereocenters. The summed E-state index contributed by atoms with van der Waals surface area (Å²) in [5.41, 5.74) is 1.96. The third-order valence-electron chi connectivity index (χ3n) is 6.10. The van der Waals surface area contributed by atoms with E-state index in [1.807, 2.05) is 19.2 Å². The molecule has 6 nitrogen and oxygen atoms in total. The van der Waals surface area contributed by atoms with Crippen molar-refractivity contribution in [1.82, 2.24) is 15.2 Å². The number of alkyl halides is 1. The molecule has 2 fully saturated rings. The zero-order valence-electron chi connectivity index (χ0n) is 17.2. The first-order valence-electron chi connectivity index (χ1n) is 10.6. The molecule has 2 aromatic rings. The fraction of sp³-hybridized carbons (Fsp3) is 0.545. The van der Waals surface area contributed by atoms with Crippen LogP contribution in [0.5, 0.6) is 0 Å². The Morgan fingerprint density at radius 3 is 2.90 bits per heavy atom. The van der Waals surface area contributed by atoms with Crippen molar-refractivity contribution in [3.63, 3.8) is 0 Å². The Kier molecular flexibility index (Phi) is 6.58. The minimum Gasteiger partial charge on any atom is -0.382 e. The van der Waals surface area contributed by atoms with Crippen molar-refractivity contribution < 1.29 is 13.9 Å². The molecule has 1 saturated carbocycles. The van der Waals surface area contributed by atoms with E-state index in [1.165, 1.54) is 0 Å². The first kappa shape index (κ1) is 21.1. The molecule has 1 aromatic heterocycles. The molecule has 0 bridgehead atoms. The number of carbonyl (C=O) groups excluding carboxylic acids is 1. The molecule has 2 heterocycles. The summed E-state index contributed by atoms with van der Waals surface area (Å²) < 4.78 is 18.7. The van der Waals surface area contributed by atoms with E-state index in [1.54, 1.807) is 17.0 Å². The van der Waals surface area contributed by atoms with Crippen LogP contribution in [0.3, 0.4) is 0 Å². The van der Waals surface area contributed by atoms with Gasteiger partial charge in [-0.05, 0) is 56.4 Å². The molecule has 2 N–H and O–H groups in total. The number of carbonyl (C=O) groups is 1. The number of benzene rings is 1. The van der Waals surface area contributed by atoms with Gasteiger partial charge in [-0.3, -0.25) is 0 Å². The summed E-state index contributed by atoms with van der Waals surface area (Å²) in [6.45, 7) is 0.698. The molecule has 2 amide bonds. The number of nitrogens with zero attached hydrogens (tertiary/aromatic N) is 2. The Morgan fingerprint density at radius 2 is 2.13 bits per heavy atom. The molecule has 4 rings (SSSR count). The summed E-state index contributed by atoms with van der Waals surface area (Å²) in [6.07, 6.45) is 4.66. The van der Waals surface area contributed by atoms with Crippen molar-refractivity contribution in [2.24, 2.45) is 0 Å². The molecule has 162 valence electrons. The summed E-state index contributed by atoms with van der Waals surface area (Å²) >= 11 is 6.18. The van der Waals surface area contributed by atoms with E-state index in [0.29, 0.717) is 23.9 Å². The Hall–Kier alpha value is -2.12. The number of urea groups is 1. The minimum absolute atomic E-state index is 0.0444. The van der Waals surface area contributed by atoms with Crippen LogP contribution in [-0.2, 0) is 11.4 Å². The van der Waals surface area contributed by atoms with Crippen LogP contribution in [0.1, 0.15) is 37.8 Å². The molecular weight excluding hydrogens is 407 g/mol. The Labute approximate surface area is 181 Å². The van der Waals surface area contributed by atoms with Gasteiger partial charge >= 0.3 is 6.03 Å². The maximum absolute atomic E-state index is 13.3. The molecule has 8 heteroatoms. The molecule has 1 saturated heterocycles. The second-order valence-corrected chi connectivity index (χ2v) is 8.68. The van der Waals surface area contributed by atoms with Gasteiger partial charge in [0.25, 0.3) is 0 Å². The fourth-order valence-corrected chi connectivity index (χ4v) is 4.55. The highest BCUT2D eigenvalue weighted by molar-refractivity contribution is 6.31.